The molecule has 6 heteroatoms. The molecule has 1 atom stereocenters. The molecule has 0 unspecified atom stereocenters. The summed E-state index contributed by atoms with van der Waals surface area (Å²) in [6, 6.07) is 14.6. The van der Waals surface area contributed by atoms with Gasteiger partial charge in [-0.25, -0.2) is 4.79 Å². The molecule has 2 aromatic carbocycles. The van der Waals surface area contributed by atoms with E-state index in [0.29, 0.717) is 12.0 Å². The number of aromatic amines is 1. The van der Waals surface area contributed by atoms with Gasteiger partial charge in [0.15, 0.2) is 0 Å². The number of aromatic nitrogens is 2. The van der Waals surface area contributed by atoms with E-state index in [1.165, 1.54) is 7.11 Å². The van der Waals surface area contributed by atoms with Gasteiger partial charge in [0.2, 0.25) is 0 Å². The third-order valence-corrected chi connectivity index (χ3v) is 5.23. The molecule has 152 valence electrons. The lowest BCUT2D eigenvalue weighted by Crippen LogP contribution is -2.43. The van der Waals surface area contributed by atoms with Gasteiger partial charge in [0.05, 0.1) is 18.2 Å². The SMILES string of the molecule is COC(=O)[C@@H](Cc1c[nH]c2ccccc12)NC(=O)c1cc(C)nc2ccc(C)cc12. The third kappa shape index (κ3) is 3.76. The Morgan fingerprint density at radius 1 is 1.10 bits per heavy atom. The number of rotatable bonds is 5. The Labute approximate surface area is 174 Å². The third-order valence-electron chi connectivity index (χ3n) is 5.23. The van der Waals surface area contributed by atoms with Crippen LogP contribution in [0, 0.1) is 13.8 Å². The molecule has 0 saturated heterocycles. The Balaban J connectivity index is 1.67. The first-order chi connectivity index (χ1) is 14.5. The van der Waals surface area contributed by atoms with Crippen molar-refractivity contribution in [3.63, 3.8) is 0 Å². The Hall–Kier alpha value is -3.67. The van der Waals surface area contributed by atoms with E-state index in [1.807, 2.05) is 62.5 Å². The molecule has 0 fully saturated rings. The van der Waals surface area contributed by atoms with E-state index in [-0.39, 0.29) is 5.91 Å². The highest BCUT2D eigenvalue weighted by molar-refractivity contribution is 6.07. The fourth-order valence-electron chi connectivity index (χ4n) is 3.75. The van der Waals surface area contributed by atoms with Crippen LogP contribution in [-0.4, -0.2) is 35.0 Å². The summed E-state index contributed by atoms with van der Waals surface area (Å²) in [5, 5.41) is 4.64. The minimum absolute atomic E-state index is 0.323. The Morgan fingerprint density at radius 2 is 1.90 bits per heavy atom. The first-order valence-electron chi connectivity index (χ1n) is 9.78. The molecule has 2 aromatic heterocycles. The molecule has 0 spiro atoms. The van der Waals surface area contributed by atoms with Crippen molar-refractivity contribution in [3.05, 3.63) is 77.1 Å². The standard InChI is InChI=1S/C24H23N3O3/c1-14-8-9-21-18(10-14)19(11-15(2)26-21)23(28)27-22(24(29)30-3)12-16-13-25-20-7-5-4-6-17(16)20/h4-11,13,22,25H,12H2,1-3H3,(H,27,28)/t22-/m1/s1. The van der Waals surface area contributed by atoms with E-state index in [0.717, 1.165) is 38.6 Å². The number of aryl methyl sites for hydroxylation is 2. The van der Waals surface area contributed by atoms with Gasteiger partial charge in [-0.1, -0.05) is 29.8 Å². The quantitative estimate of drug-likeness (QED) is 0.498. The number of fused-ring (bicyclic) bond motifs is 2. The maximum absolute atomic E-state index is 13.2. The molecule has 6 nitrogen and oxygen atoms in total. The Bertz CT molecular complexity index is 1260. The number of methoxy groups -OCH3 is 1. The van der Waals surface area contributed by atoms with Crippen LogP contribution >= 0.6 is 0 Å². The van der Waals surface area contributed by atoms with Gasteiger partial charge in [0.1, 0.15) is 6.04 Å². The van der Waals surface area contributed by atoms with Crippen LogP contribution in [0.3, 0.4) is 0 Å². The van der Waals surface area contributed by atoms with Crippen molar-refractivity contribution in [1.29, 1.82) is 0 Å². The van der Waals surface area contributed by atoms with E-state index >= 15 is 0 Å². The summed E-state index contributed by atoms with van der Waals surface area (Å²) in [6.07, 6.45) is 2.19. The van der Waals surface area contributed by atoms with E-state index in [9.17, 15) is 9.59 Å². The average Bonchev–Trinajstić information content (AvgIpc) is 3.15. The van der Waals surface area contributed by atoms with E-state index in [4.69, 9.17) is 4.74 Å². The number of carbonyl (C=O) groups is 2. The van der Waals surface area contributed by atoms with E-state index in [1.54, 1.807) is 6.07 Å². The minimum Gasteiger partial charge on any atom is -0.467 e. The number of pyridine rings is 1. The number of carbonyl (C=O) groups excluding carboxylic acids is 2. The molecule has 2 N–H and O–H groups in total. The number of H-pyrrole nitrogens is 1. The lowest BCUT2D eigenvalue weighted by atomic mass is 10.0. The van der Waals surface area contributed by atoms with Gasteiger partial charge >= 0.3 is 5.97 Å². The molecule has 4 rings (SSSR count). The van der Waals surface area contributed by atoms with Crippen LogP contribution in [0.4, 0.5) is 0 Å². The van der Waals surface area contributed by atoms with Crippen LogP contribution < -0.4 is 5.32 Å². The molecule has 0 saturated carbocycles. The second-order valence-corrected chi connectivity index (χ2v) is 7.44. The molecule has 2 heterocycles. The van der Waals surface area contributed by atoms with Crippen molar-refractivity contribution in [1.82, 2.24) is 15.3 Å². The fourth-order valence-corrected chi connectivity index (χ4v) is 3.75. The molecule has 30 heavy (non-hydrogen) atoms. The minimum atomic E-state index is -0.810. The van der Waals surface area contributed by atoms with Crippen molar-refractivity contribution in [2.24, 2.45) is 0 Å². The maximum Gasteiger partial charge on any atom is 0.328 e. The Morgan fingerprint density at radius 3 is 2.70 bits per heavy atom. The lowest BCUT2D eigenvalue weighted by Gasteiger charge is -2.17. The summed E-state index contributed by atoms with van der Waals surface area (Å²) >= 11 is 0. The number of ether oxygens (including phenoxy) is 1. The smallest absolute Gasteiger partial charge is 0.328 e. The number of para-hydroxylation sites is 1. The van der Waals surface area contributed by atoms with Gasteiger partial charge in [-0.2, -0.15) is 0 Å². The van der Waals surface area contributed by atoms with Crippen LogP contribution in [0.25, 0.3) is 21.8 Å². The monoisotopic (exact) mass is 401 g/mol. The van der Waals surface area contributed by atoms with Crippen LogP contribution in [0.5, 0.6) is 0 Å². The van der Waals surface area contributed by atoms with Crippen LogP contribution in [-0.2, 0) is 16.0 Å². The first kappa shape index (κ1) is 19.6. The average molecular weight is 401 g/mol. The van der Waals surface area contributed by atoms with E-state index in [2.05, 4.69) is 15.3 Å². The molecule has 1 amide bonds. The van der Waals surface area contributed by atoms with Crippen molar-refractivity contribution in [3.8, 4) is 0 Å². The number of nitrogens with zero attached hydrogens (tertiary/aromatic N) is 1. The summed E-state index contributed by atoms with van der Waals surface area (Å²) in [4.78, 5) is 33.4. The Kier molecular flexibility index (Phi) is 5.23. The molecule has 0 bridgehead atoms. The summed E-state index contributed by atoms with van der Waals surface area (Å²) in [6.45, 7) is 3.81. The predicted molar refractivity (Wildman–Crippen MR) is 116 cm³/mol. The van der Waals surface area contributed by atoms with Crippen LogP contribution in [0.1, 0.15) is 27.2 Å². The van der Waals surface area contributed by atoms with Gasteiger partial charge in [0, 0.05) is 34.6 Å². The van der Waals surface area contributed by atoms with E-state index < -0.39 is 12.0 Å². The molecular weight excluding hydrogens is 378 g/mol. The predicted octanol–water partition coefficient (Wildman–Crippen LogP) is 3.85. The van der Waals surface area contributed by atoms with Crippen molar-refractivity contribution >= 4 is 33.7 Å². The maximum atomic E-state index is 13.2. The molecular formula is C24H23N3O3. The zero-order chi connectivity index (χ0) is 21.3. The van der Waals surface area contributed by atoms with Crippen molar-refractivity contribution < 1.29 is 14.3 Å². The first-order valence-corrected chi connectivity index (χ1v) is 9.78. The summed E-state index contributed by atoms with van der Waals surface area (Å²) in [5.41, 5.74) is 4.93. The summed E-state index contributed by atoms with van der Waals surface area (Å²) < 4.78 is 4.96. The summed E-state index contributed by atoms with van der Waals surface area (Å²) in [5.74, 6) is -0.814. The van der Waals surface area contributed by atoms with Crippen LogP contribution in [0.2, 0.25) is 0 Å². The fraction of sp³-hybridized carbons (Fsp3) is 0.208. The van der Waals surface area contributed by atoms with Crippen molar-refractivity contribution in [2.45, 2.75) is 26.3 Å². The zero-order valence-electron chi connectivity index (χ0n) is 17.2. The zero-order valence-corrected chi connectivity index (χ0v) is 17.2. The van der Waals surface area contributed by atoms with Gasteiger partial charge in [0.25, 0.3) is 5.91 Å². The highest BCUT2D eigenvalue weighted by atomic mass is 16.5. The number of hydrogen-bond acceptors (Lipinski definition) is 4. The largest absolute Gasteiger partial charge is 0.467 e. The van der Waals surface area contributed by atoms with Gasteiger partial charge in [-0.3, -0.25) is 9.78 Å². The number of nitrogens with one attached hydrogen (secondary N) is 2. The highest BCUT2D eigenvalue weighted by Crippen LogP contribution is 2.22. The van der Waals surface area contributed by atoms with Gasteiger partial charge in [-0.05, 0) is 43.7 Å². The summed E-state index contributed by atoms with van der Waals surface area (Å²) in [7, 11) is 1.33. The number of amides is 1. The number of benzene rings is 2. The number of esters is 1. The van der Waals surface area contributed by atoms with Gasteiger partial charge in [-0.15, -0.1) is 0 Å². The second kappa shape index (κ2) is 7.99. The highest BCUT2D eigenvalue weighted by Gasteiger charge is 2.25. The topological polar surface area (TPSA) is 84.1 Å². The molecule has 0 aliphatic carbocycles. The van der Waals surface area contributed by atoms with Crippen LogP contribution in [0.15, 0.2) is 54.7 Å². The molecule has 4 aromatic rings. The second-order valence-electron chi connectivity index (χ2n) is 7.44. The normalized spacial score (nSPS) is 12.1. The van der Waals surface area contributed by atoms with Gasteiger partial charge < -0.3 is 15.0 Å². The lowest BCUT2D eigenvalue weighted by molar-refractivity contribution is -0.142. The van der Waals surface area contributed by atoms with Crippen molar-refractivity contribution in [2.75, 3.05) is 7.11 Å². The number of hydrogen-bond donors (Lipinski definition) is 2. The molecule has 0 aliphatic rings. The molecule has 0 aliphatic heterocycles. The molecule has 0 radical (unpaired) electrons.